The Bertz CT molecular complexity index is 591. The number of aliphatic carboxylic acids is 1. The molecule has 1 aromatic heterocycles. The lowest BCUT2D eigenvalue weighted by atomic mass is 10.1. The van der Waals surface area contributed by atoms with Gasteiger partial charge in [-0.25, -0.2) is 4.79 Å². The van der Waals surface area contributed by atoms with Crippen LogP contribution in [0.1, 0.15) is 5.56 Å². The highest BCUT2D eigenvalue weighted by atomic mass is 16.4. The summed E-state index contributed by atoms with van der Waals surface area (Å²) in [7, 11) is 0. The molecule has 1 heterocycles. The zero-order valence-corrected chi connectivity index (χ0v) is 9.38. The lowest BCUT2D eigenvalue weighted by molar-refractivity contribution is -0.140. The Morgan fingerprint density at radius 1 is 1.50 bits per heavy atom. The van der Waals surface area contributed by atoms with Crippen molar-refractivity contribution >= 4 is 23.3 Å². The van der Waals surface area contributed by atoms with Gasteiger partial charge < -0.3 is 20.5 Å². The van der Waals surface area contributed by atoms with Crippen molar-refractivity contribution < 1.29 is 19.8 Å². The van der Waals surface area contributed by atoms with Crippen molar-refractivity contribution in [1.82, 2.24) is 10.3 Å². The molecule has 1 aromatic carbocycles. The molecule has 1 unspecified atom stereocenters. The van der Waals surface area contributed by atoms with Gasteiger partial charge in [-0.2, -0.15) is 0 Å². The van der Waals surface area contributed by atoms with Gasteiger partial charge in [0.05, 0.1) is 0 Å². The second-order valence-corrected chi connectivity index (χ2v) is 3.92. The van der Waals surface area contributed by atoms with Gasteiger partial charge in [0.2, 0.25) is 6.41 Å². The molecule has 1 amide bonds. The molecule has 2 aromatic rings. The number of nitrogens with one attached hydrogen (secondary N) is 2. The van der Waals surface area contributed by atoms with Crippen molar-refractivity contribution in [3.8, 4) is 5.75 Å². The molecule has 6 heteroatoms. The fourth-order valence-electron chi connectivity index (χ4n) is 1.85. The molecule has 0 bridgehead atoms. The maximum Gasteiger partial charge on any atom is 0.326 e. The molecule has 0 aliphatic carbocycles. The zero-order valence-electron chi connectivity index (χ0n) is 9.38. The van der Waals surface area contributed by atoms with Gasteiger partial charge >= 0.3 is 5.97 Å². The Balaban J connectivity index is 2.33. The number of hydrogen-bond donors (Lipinski definition) is 4. The predicted octanol–water partition coefficient (Wildman–Crippen LogP) is 0.615. The number of hydrogen-bond acceptors (Lipinski definition) is 3. The van der Waals surface area contributed by atoms with Gasteiger partial charge in [0.25, 0.3) is 0 Å². The molecule has 94 valence electrons. The van der Waals surface area contributed by atoms with Crippen LogP contribution in [0.4, 0.5) is 0 Å². The lowest BCUT2D eigenvalue weighted by Crippen LogP contribution is -2.37. The van der Waals surface area contributed by atoms with E-state index in [-0.39, 0.29) is 12.2 Å². The molecule has 0 aliphatic heterocycles. The summed E-state index contributed by atoms with van der Waals surface area (Å²) in [4.78, 5) is 24.3. The standard InChI is InChI=1S/C12H12N2O4/c15-6-14-11(12(17)18)3-7-5-13-10-2-1-8(16)4-9(7)10/h1-2,4-6,11,13,16H,3H2,(H,14,15)(H,17,18). The number of phenolic OH excluding ortho intramolecular Hbond substituents is 1. The average molecular weight is 248 g/mol. The number of benzene rings is 1. The van der Waals surface area contributed by atoms with Crippen molar-refractivity contribution in [3.63, 3.8) is 0 Å². The molecule has 0 saturated carbocycles. The third-order valence-electron chi connectivity index (χ3n) is 2.74. The third-order valence-corrected chi connectivity index (χ3v) is 2.74. The number of carbonyl (C=O) groups is 2. The minimum atomic E-state index is -1.10. The SMILES string of the molecule is O=CNC(Cc1c[nH]c2ccc(O)cc12)C(=O)O. The van der Waals surface area contributed by atoms with Gasteiger partial charge in [-0.3, -0.25) is 4.79 Å². The van der Waals surface area contributed by atoms with Gasteiger partial charge in [-0.05, 0) is 23.8 Å². The molecule has 0 fully saturated rings. The summed E-state index contributed by atoms with van der Waals surface area (Å²) >= 11 is 0. The lowest BCUT2D eigenvalue weighted by Gasteiger charge is -2.10. The van der Waals surface area contributed by atoms with Gasteiger partial charge in [0.1, 0.15) is 11.8 Å². The van der Waals surface area contributed by atoms with Gasteiger partial charge in [-0.15, -0.1) is 0 Å². The van der Waals surface area contributed by atoms with E-state index in [1.165, 1.54) is 0 Å². The first-order valence-corrected chi connectivity index (χ1v) is 5.33. The Labute approximate surface area is 102 Å². The van der Waals surface area contributed by atoms with E-state index in [9.17, 15) is 14.7 Å². The smallest absolute Gasteiger partial charge is 0.326 e. The highest BCUT2D eigenvalue weighted by molar-refractivity contribution is 5.86. The number of carboxylic acid groups (broad SMARTS) is 1. The highest BCUT2D eigenvalue weighted by Crippen LogP contribution is 2.23. The normalized spacial score (nSPS) is 12.2. The molecule has 0 spiro atoms. The monoisotopic (exact) mass is 248 g/mol. The molecule has 1 atom stereocenters. The maximum absolute atomic E-state index is 10.9. The van der Waals surface area contributed by atoms with E-state index in [2.05, 4.69) is 10.3 Å². The van der Waals surface area contributed by atoms with Crippen LogP contribution in [0.5, 0.6) is 5.75 Å². The van der Waals surface area contributed by atoms with Crippen molar-refractivity contribution in [2.45, 2.75) is 12.5 Å². The van der Waals surface area contributed by atoms with Crippen molar-refractivity contribution in [1.29, 1.82) is 0 Å². The summed E-state index contributed by atoms with van der Waals surface area (Å²) < 4.78 is 0. The van der Waals surface area contributed by atoms with Crippen LogP contribution in [0.2, 0.25) is 0 Å². The fourth-order valence-corrected chi connectivity index (χ4v) is 1.85. The van der Waals surface area contributed by atoms with Gasteiger partial charge in [0, 0.05) is 23.5 Å². The Kier molecular flexibility index (Phi) is 3.18. The van der Waals surface area contributed by atoms with Crippen molar-refractivity contribution in [2.24, 2.45) is 0 Å². The summed E-state index contributed by atoms with van der Waals surface area (Å²) in [5.41, 5.74) is 1.53. The predicted molar refractivity (Wildman–Crippen MR) is 64.3 cm³/mol. The summed E-state index contributed by atoms with van der Waals surface area (Å²) in [6.45, 7) is 0. The van der Waals surface area contributed by atoms with Crippen LogP contribution in [0.15, 0.2) is 24.4 Å². The number of fused-ring (bicyclic) bond motifs is 1. The minimum absolute atomic E-state index is 0.110. The first-order valence-electron chi connectivity index (χ1n) is 5.33. The number of phenols is 1. The number of carbonyl (C=O) groups excluding carboxylic acids is 1. The maximum atomic E-state index is 10.9. The molecule has 4 N–H and O–H groups in total. The van der Waals surface area contributed by atoms with E-state index in [1.807, 2.05) is 0 Å². The highest BCUT2D eigenvalue weighted by Gasteiger charge is 2.18. The van der Waals surface area contributed by atoms with Crippen LogP contribution < -0.4 is 5.32 Å². The Morgan fingerprint density at radius 3 is 2.94 bits per heavy atom. The molecule has 0 aliphatic rings. The number of aromatic nitrogens is 1. The Morgan fingerprint density at radius 2 is 2.28 bits per heavy atom. The van der Waals surface area contributed by atoms with Crippen LogP contribution >= 0.6 is 0 Å². The van der Waals surface area contributed by atoms with Crippen LogP contribution in [-0.4, -0.2) is 33.6 Å². The van der Waals surface area contributed by atoms with E-state index >= 15 is 0 Å². The second-order valence-electron chi connectivity index (χ2n) is 3.92. The van der Waals surface area contributed by atoms with Gasteiger partial charge in [-0.1, -0.05) is 0 Å². The molecule has 6 nitrogen and oxygen atoms in total. The fraction of sp³-hybridized carbons (Fsp3) is 0.167. The first-order chi connectivity index (χ1) is 8.61. The number of carboxylic acids is 1. The molecule has 18 heavy (non-hydrogen) atoms. The van der Waals surface area contributed by atoms with Crippen molar-refractivity contribution in [2.75, 3.05) is 0 Å². The molecular weight excluding hydrogens is 236 g/mol. The van der Waals surface area contributed by atoms with Gasteiger partial charge in [0.15, 0.2) is 0 Å². The largest absolute Gasteiger partial charge is 0.508 e. The number of aromatic hydroxyl groups is 1. The van der Waals surface area contributed by atoms with Crippen LogP contribution in [-0.2, 0) is 16.0 Å². The number of aromatic amines is 1. The van der Waals surface area contributed by atoms with E-state index in [4.69, 9.17) is 5.11 Å². The first kappa shape index (κ1) is 12.0. The topological polar surface area (TPSA) is 102 Å². The van der Waals surface area contributed by atoms with E-state index in [0.29, 0.717) is 6.41 Å². The van der Waals surface area contributed by atoms with Crippen molar-refractivity contribution in [3.05, 3.63) is 30.0 Å². The summed E-state index contributed by atoms with van der Waals surface area (Å²) in [5, 5.41) is 21.4. The Hall–Kier alpha value is -2.50. The quantitative estimate of drug-likeness (QED) is 0.582. The average Bonchev–Trinajstić information content (AvgIpc) is 2.71. The molecule has 2 rings (SSSR count). The van der Waals surface area contributed by atoms with Crippen LogP contribution in [0.3, 0.4) is 0 Å². The van der Waals surface area contributed by atoms with Crippen LogP contribution in [0.25, 0.3) is 10.9 Å². The van der Waals surface area contributed by atoms with Crippen LogP contribution in [0, 0.1) is 0 Å². The minimum Gasteiger partial charge on any atom is -0.508 e. The zero-order chi connectivity index (χ0) is 13.1. The molecule has 0 saturated heterocycles. The molecule has 0 radical (unpaired) electrons. The third kappa shape index (κ3) is 2.27. The number of rotatable bonds is 5. The van der Waals surface area contributed by atoms with E-state index in [1.54, 1.807) is 24.4 Å². The van der Waals surface area contributed by atoms with E-state index < -0.39 is 12.0 Å². The molecular formula is C12H12N2O4. The summed E-state index contributed by atoms with van der Waals surface area (Å²) in [5.74, 6) is -0.991. The van der Waals surface area contributed by atoms with E-state index in [0.717, 1.165) is 16.5 Å². The second kappa shape index (κ2) is 4.79. The number of H-pyrrole nitrogens is 1. The summed E-state index contributed by atoms with van der Waals surface area (Å²) in [6.07, 6.45) is 2.19. The number of amides is 1. The summed E-state index contributed by atoms with van der Waals surface area (Å²) in [6, 6.07) is 3.82.